The third-order valence-corrected chi connectivity index (χ3v) is 4.46. The standard InChI is InChI=1S/C20H11N4.ClH.Mn/c1-2-14-10-16-5-6-18(23-16)12-20-8-7-19(24-20)11-17-4-3-15(22-17)9-13(1)21-14;;/h1-7,9-12H;1H;. The summed E-state index contributed by atoms with van der Waals surface area (Å²) in [6, 6.07) is 0. The van der Waals surface area contributed by atoms with Crippen LogP contribution in [0, 0.1) is 0 Å². The van der Waals surface area contributed by atoms with Crippen molar-refractivity contribution in [3.8, 4) is 0 Å². The van der Waals surface area contributed by atoms with Crippen LogP contribution in [0.4, 0.5) is 0 Å². The summed E-state index contributed by atoms with van der Waals surface area (Å²) in [5.74, 6) is 0. The summed E-state index contributed by atoms with van der Waals surface area (Å²) in [5, 5.41) is 0. The molecular formula is C20H12ClMnN4. The molecule has 0 aromatic rings. The molecule has 5 aliphatic heterocycles. The molecule has 26 heavy (non-hydrogen) atoms. The molecule has 0 spiro atoms. The minimum absolute atomic E-state index is 0. The Bertz CT molecular complexity index is 1080. The quantitative estimate of drug-likeness (QED) is 0.556. The van der Waals surface area contributed by atoms with E-state index < -0.39 is 0 Å². The number of fused-ring (bicyclic) bond motifs is 4. The topological polar surface area (TPSA) is 49.4 Å². The number of allylic oxidation sites excluding steroid dienone is 12. The van der Waals surface area contributed by atoms with E-state index in [4.69, 9.17) is 0 Å². The monoisotopic (exact) mass is 398 g/mol. The summed E-state index contributed by atoms with van der Waals surface area (Å²) >= 11 is 3.57. The fourth-order valence-electron chi connectivity index (χ4n) is 2.86. The first-order valence-electron chi connectivity index (χ1n) is 7.85. The van der Waals surface area contributed by atoms with Gasteiger partial charge in [0.25, 0.3) is 0 Å². The van der Waals surface area contributed by atoms with Gasteiger partial charge in [-0.25, -0.2) is 0 Å². The summed E-state index contributed by atoms with van der Waals surface area (Å²) in [6.07, 6.45) is 21.8. The van der Waals surface area contributed by atoms with Gasteiger partial charge in [0.05, 0.1) is 0 Å². The molecule has 0 aromatic carbocycles. The van der Waals surface area contributed by atoms with Crippen LogP contribution < -0.4 is 0 Å². The Morgan fingerprint density at radius 2 is 0.962 bits per heavy atom. The van der Waals surface area contributed by atoms with Gasteiger partial charge in [-0.15, -0.1) is 12.4 Å². The second kappa shape index (κ2) is 6.61. The SMILES string of the molecule is Cl.[Mn][C]1=CC2=CC3=NC(=CC4=NC(=CC5=NC(=CC1=N2)C=C5)C=C4)C=C3. The van der Waals surface area contributed by atoms with Gasteiger partial charge >= 0.3 is 153 Å². The molecule has 0 atom stereocenters. The number of hydrogen-bond acceptors (Lipinski definition) is 4. The minimum atomic E-state index is 0. The third-order valence-electron chi connectivity index (χ3n) is 3.99. The molecule has 0 amide bonds. The Balaban J connectivity index is 0.00000168. The van der Waals surface area contributed by atoms with Crippen molar-refractivity contribution in [3.05, 3.63) is 94.1 Å². The maximum absolute atomic E-state index is 4.65. The normalized spacial score (nSPS) is 21.8. The average Bonchev–Trinajstić information content (AvgIpc) is 3.33. The molecule has 5 aliphatic rings. The molecule has 0 unspecified atom stereocenters. The van der Waals surface area contributed by atoms with E-state index in [9.17, 15) is 0 Å². The molecule has 0 aliphatic carbocycles. The summed E-state index contributed by atoms with van der Waals surface area (Å²) in [7, 11) is 0. The first kappa shape index (κ1) is 16.9. The van der Waals surface area contributed by atoms with Gasteiger partial charge in [-0.3, -0.25) is 0 Å². The number of aliphatic imine (C=N–C) groups is 4. The van der Waals surface area contributed by atoms with E-state index in [1.165, 1.54) is 0 Å². The van der Waals surface area contributed by atoms with Crippen molar-refractivity contribution in [2.45, 2.75) is 0 Å². The molecule has 126 valence electrons. The van der Waals surface area contributed by atoms with Crippen LogP contribution in [0.5, 0.6) is 0 Å². The van der Waals surface area contributed by atoms with Crippen LogP contribution in [0.25, 0.3) is 0 Å². The molecule has 0 saturated heterocycles. The molecule has 5 rings (SSSR count). The van der Waals surface area contributed by atoms with Crippen molar-refractivity contribution in [1.29, 1.82) is 0 Å². The molecule has 0 fully saturated rings. The number of rotatable bonds is 0. The van der Waals surface area contributed by atoms with E-state index in [-0.39, 0.29) is 12.4 Å². The Morgan fingerprint density at radius 3 is 1.50 bits per heavy atom. The Labute approximate surface area is 165 Å². The second-order valence-corrected chi connectivity index (χ2v) is 6.51. The summed E-state index contributed by atoms with van der Waals surface area (Å²) in [6.45, 7) is 0. The zero-order valence-corrected chi connectivity index (χ0v) is 15.4. The number of hydrogen-bond donors (Lipinski definition) is 0. The molecule has 8 bridgehead atoms. The summed E-state index contributed by atoms with van der Waals surface area (Å²) in [5.41, 5.74) is 7.00. The van der Waals surface area contributed by atoms with Crippen LogP contribution in [-0.4, -0.2) is 22.8 Å². The first-order chi connectivity index (χ1) is 12.2. The maximum atomic E-state index is 4.65. The average molecular weight is 399 g/mol. The van der Waals surface area contributed by atoms with Gasteiger partial charge in [0.1, 0.15) is 0 Å². The number of nitrogens with zero attached hydrogens (tertiary/aromatic N) is 4. The molecule has 0 aromatic heterocycles. The molecule has 5 heterocycles. The van der Waals surface area contributed by atoms with Crippen molar-refractivity contribution < 1.29 is 16.0 Å². The van der Waals surface area contributed by atoms with Crippen LogP contribution in [-0.2, 0) is 16.0 Å². The summed E-state index contributed by atoms with van der Waals surface area (Å²) in [4.78, 5) is 18.5. The van der Waals surface area contributed by atoms with Crippen LogP contribution >= 0.6 is 12.4 Å². The van der Waals surface area contributed by atoms with E-state index in [0.29, 0.717) is 0 Å². The molecular weight excluding hydrogens is 387 g/mol. The Hall–Kier alpha value is -2.59. The van der Waals surface area contributed by atoms with Crippen molar-refractivity contribution in [1.82, 2.24) is 0 Å². The van der Waals surface area contributed by atoms with Crippen molar-refractivity contribution in [3.63, 3.8) is 0 Å². The van der Waals surface area contributed by atoms with Crippen molar-refractivity contribution in [2.24, 2.45) is 20.0 Å². The predicted octanol–water partition coefficient (Wildman–Crippen LogP) is 3.88. The fraction of sp³-hybridized carbons (Fsp3) is 0. The molecule has 0 saturated carbocycles. The predicted molar refractivity (Wildman–Crippen MR) is 105 cm³/mol. The van der Waals surface area contributed by atoms with Gasteiger partial charge in [-0.05, 0) is 0 Å². The van der Waals surface area contributed by atoms with E-state index in [1.807, 2.05) is 66.8 Å². The van der Waals surface area contributed by atoms with Crippen molar-refractivity contribution >= 4 is 35.3 Å². The fourth-order valence-corrected chi connectivity index (χ4v) is 3.19. The van der Waals surface area contributed by atoms with E-state index >= 15 is 0 Å². The van der Waals surface area contributed by atoms with Gasteiger partial charge in [0.2, 0.25) is 0 Å². The zero-order valence-electron chi connectivity index (χ0n) is 13.4. The van der Waals surface area contributed by atoms with Gasteiger partial charge in [0.15, 0.2) is 0 Å². The zero-order chi connectivity index (χ0) is 16.8. The Kier molecular flexibility index (Phi) is 4.29. The van der Waals surface area contributed by atoms with Gasteiger partial charge in [-0.1, -0.05) is 0 Å². The van der Waals surface area contributed by atoms with E-state index in [1.54, 1.807) is 0 Å². The van der Waals surface area contributed by atoms with Crippen LogP contribution in [0.15, 0.2) is 114 Å². The second-order valence-electron chi connectivity index (χ2n) is 5.88. The van der Waals surface area contributed by atoms with Crippen LogP contribution in [0.2, 0.25) is 0 Å². The molecule has 0 radical (unpaired) electrons. The van der Waals surface area contributed by atoms with Gasteiger partial charge in [0, 0.05) is 0 Å². The number of halogens is 1. The Morgan fingerprint density at radius 1 is 0.500 bits per heavy atom. The van der Waals surface area contributed by atoms with E-state index in [2.05, 4.69) is 36.0 Å². The molecule has 4 nitrogen and oxygen atoms in total. The van der Waals surface area contributed by atoms with Crippen molar-refractivity contribution in [2.75, 3.05) is 0 Å². The van der Waals surface area contributed by atoms with Crippen LogP contribution in [0.3, 0.4) is 0 Å². The summed E-state index contributed by atoms with van der Waals surface area (Å²) < 4.78 is 0.942. The first-order valence-corrected chi connectivity index (χ1v) is 8.44. The molecule has 6 heteroatoms. The van der Waals surface area contributed by atoms with E-state index in [0.717, 1.165) is 50.1 Å². The third kappa shape index (κ3) is 3.25. The van der Waals surface area contributed by atoms with Gasteiger partial charge < -0.3 is 0 Å². The van der Waals surface area contributed by atoms with Crippen LogP contribution in [0.1, 0.15) is 0 Å². The van der Waals surface area contributed by atoms with Gasteiger partial charge in [-0.2, -0.15) is 0 Å². The molecule has 0 N–H and O–H groups in total.